The van der Waals surface area contributed by atoms with Gasteiger partial charge in [0.25, 0.3) is 0 Å². The van der Waals surface area contributed by atoms with Gasteiger partial charge >= 0.3 is 0 Å². The molecule has 0 radical (unpaired) electrons. The smallest absolute Gasteiger partial charge is 0.160 e. The molecule has 1 aliphatic rings. The van der Waals surface area contributed by atoms with E-state index in [0.29, 0.717) is 24.3 Å². The van der Waals surface area contributed by atoms with Crippen LogP contribution in [0.5, 0.6) is 11.5 Å². The van der Waals surface area contributed by atoms with Crippen molar-refractivity contribution in [2.45, 2.75) is 38.3 Å². The van der Waals surface area contributed by atoms with Crippen LogP contribution in [0, 0.1) is 5.92 Å². The van der Waals surface area contributed by atoms with Gasteiger partial charge in [-0.2, -0.15) is 0 Å². The Morgan fingerprint density at radius 1 is 1.26 bits per heavy atom. The Morgan fingerprint density at radius 2 is 2.00 bits per heavy atom. The molecule has 106 valence electrons. The van der Waals surface area contributed by atoms with Gasteiger partial charge < -0.3 is 20.3 Å². The van der Waals surface area contributed by atoms with Crippen molar-refractivity contribution in [2.75, 3.05) is 13.7 Å². The van der Waals surface area contributed by atoms with Crippen molar-refractivity contribution in [3.8, 4) is 11.5 Å². The number of phenolic OH excluding ortho intramolecular Hbond substituents is 1. The fourth-order valence-corrected chi connectivity index (χ4v) is 2.66. The van der Waals surface area contributed by atoms with E-state index in [1.165, 1.54) is 0 Å². The van der Waals surface area contributed by atoms with E-state index in [2.05, 4.69) is 5.32 Å². The summed E-state index contributed by atoms with van der Waals surface area (Å²) >= 11 is 0. The molecule has 0 unspecified atom stereocenters. The van der Waals surface area contributed by atoms with Gasteiger partial charge in [-0.25, -0.2) is 0 Å². The minimum atomic E-state index is 0.186. The molecule has 0 spiro atoms. The van der Waals surface area contributed by atoms with Gasteiger partial charge in [0.1, 0.15) is 0 Å². The quantitative estimate of drug-likeness (QED) is 0.762. The van der Waals surface area contributed by atoms with Crippen molar-refractivity contribution in [1.82, 2.24) is 5.32 Å². The van der Waals surface area contributed by atoms with E-state index in [1.54, 1.807) is 19.2 Å². The molecule has 3 N–H and O–H groups in total. The number of aliphatic hydroxyl groups is 1. The lowest BCUT2D eigenvalue weighted by molar-refractivity contribution is 0.175. The largest absolute Gasteiger partial charge is 0.504 e. The van der Waals surface area contributed by atoms with E-state index in [9.17, 15) is 5.11 Å². The predicted octanol–water partition coefficient (Wildman–Crippen LogP) is 2.04. The molecule has 4 heteroatoms. The summed E-state index contributed by atoms with van der Waals surface area (Å²) in [6.07, 6.45) is 4.44. The minimum Gasteiger partial charge on any atom is -0.504 e. The molecule has 0 amide bonds. The monoisotopic (exact) mass is 265 g/mol. The Hall–Kier alpha value is -1.26. The Morgan fingerprint density at radius 3 is 2.58 bits per heavy atom. The Bertz CT molecular complexity index is 400. The standard InChI is InChI=1S/C15H23NO3/c1-19-15-7-4-12(8-14(15)18)9-16-13-5-2-11(10-17)3-6-13/h4,7-8,11,13,16-18H,2-3,5-6,9-10H2,1H3. The fourth-order valence-electron chi connectivity index (χ4n) is 2.66. The number of benzene rings is 1. The molecule has 0 saturated heterocycles. The molecule has 4 nitrogen and oxygen atoms in total. The number of hydrogen-bond donors (Lipinski definition) is 3. The summed E-state index contributed by atoms with van der Waals surface area (Å²) in [5, 5.41) is 22.3. The lowest BCUT2D eigenvalue weighted by Gasteiger charge is -2.28. The van der Waals surface area contributed by atoms with Crippen LogP contribution in [0.3, 0.4) is 0 Å². The van der Waals surface area contributed by atoms with Gasteiger partial charge in [-0.05, 0) is 49.3 Å². The summed E-state index contributed by atoms with van der Waals surface area (Å²) in [7, 11) is 1.55. The third-order valence-corrected chi connectivity index (χ3v) is 3.94. The summed E-state index contributed by atoms with van der Waals surface area (Å²) in [5.74, 6) is 1.18. The summed E-state index contributed by atoms with van der Waals surface area (Å²) in [5.41, 5.74) is 1.06. The normalized spacial score (nSPS) is 23.3. The number of ether oxygens (including phenoxy) is 1. The van der Waals surface area contributed by atoms with E-state index in [1.807, 2.05) is 6.07 Å². The van der Waals surface area contributed by atoms with Crippen molar-refractivity contribution in [2.24, 2.45) is 5.92 Å². The van der Waals surface area contributed by atoms with Crippen LogP contribution in [0.2, 0.25) is 0 Å². The maximum atomic E-state index is 9.71. The molecule has 1 aromatic carbocycles. The van der Waals surface area contributed by atoms with Crippen LogP contribution in [0.15, 0.2) is 18.2 Å². The van der Waals surface area contributed by atoms with E-state index < -0.39 is 0 Å². The molecule has 1 aliphatic carbocycles. The summed E-state index contributed by atoms with van der Waals surface area (Å²) < 4.78 is 5.02. The van der Waals surface area contributed by atoms with Gasteiger partial charge in [0.2, 0.25) is 0 Å². The Kier molecular flexibility index (Phi) is 5.05. The number of methoxy groups -OCH3 is 1. The van der Waals surface area contributed by atoms with Crippen LogP contribution >= 0.6 is 0 Å². The maximum absolute atomic E-state index is 9.71. The first-order chi connectivity index (χ1) is 9.22. The molecule has 0 atom stereocenters. The van der Waals surface area contributed by atoms with E-state index >= 15 is 0 Å². The summed E-state index contributed by atoms with van der Waals surface area (Å²) in [4.78, 5) is 0. The predicted molar refractivity (Wildman–Crippen MR) is 74.3 cm³/mol. The number of rotatable bonds is 5. The second-order valence-corrected chi connectivity index (χ2v) is 5.29. The Balaban J connectivity index is 1.81. The van der Waals surface area contributed by atoms with Crippen molar-refractivity contribution in [3.63, 3.8) is 0 Å². The first kappa shape index (κ1) is 14.2. The van der Waals surface area contributed by atoms with Crippen LogP contribution in [-0.4, -0.2) is 30.0 Å². The van der Waals surface area contributed by atoms with Crippen molar-refractivity contribution in [1.29, 1.82) is 0 Å². The van der Waals surface area contributed by atoms with Crippen LogP contribution in [0.25, 0.3) is 0 Å². The first-order valence-electron chi connectivity index (χ1n) is 6.93. The van der Waals surface area contributed by atoms with Gasteiger partial charge in [0.05, 0.1) is 7.11 Å². The van der Waals surface area contributed by atoms with Crippen LogP contribution in [0.4, 0.5) is 0 Å². The minimum absolute atomic E-state index is 0.186. The second-order valence-electron chi connectivity index (χ2n) is 5.29. The van der Waals surface area contributed by atoms with Crippen LogP contribution in [0.1, 0.15) is 31.2 Å². The Labute approximate surface area is 114 Å². The third-order valence-electron chi connectivity index (χ3n) is 3.94. The number of aromatic hydroxyl groups is 1. The molecule has 0 heterocycles. The average Bonchev–Trinajstić information content (AvgIpc) is 2.46. The van der Waals surface area contributed by atoms with Crippen molar-refractivity contribution < 1.29 is 14.9 Å². The highest BCUT2D eigenvalue weighted by atomic mass is 16.5. The van der Waals surface area contributed by atoms with Crippen molar-refractivity contribution >= 4 is 0 Å². The zero-order valence-electron chi connectivity index (χ0n) is 11.4. The molecule has 2 rings (SSSR count). The third kappa shape index (κ3) is 3.85. The van der Waals surface area contributed by atoms with Crippen molar-refractivity contribution in [3.05, 3.63) is 23.8 Å². The topological polar surface area (TPSA) is 61.7 Å². The molecular weight excluding hydrogens is 242 g/mol. The van der Waals surface area contributed by atoms with Gasteiger partial charge in [0.15, 0.2) is 11.5 Å². The molecule has 19 heavy (non-hydrogen) atoms. The van der Waals surface area contributed by atoms with E-state index in [4.69, 9.17) is 9.84 Å². The SMILES string of the molecule is COc1ccc(CNC2CCC(CO)CC2)cc1O. The van der Waals surface area contributed by atoms with Crippen LogP contribution in [-0.2, 0) is 6.54 Å². The lowest BCUT2D eigenvalue weighted by atomic mass is 9.86. The molecule has 0 aromatic heterocycles. The molecule has 0 bridgehead atoms. The van der Waals surface area contributed by atoms with Gasteiger partial charge in [0, 0.05) is 19.2 Å². The second kappa shape index (κ2) is 6.78. The maximum Gasteiger partial charge on any atom is 0.160 e. The lowest BCUT2D eigenvalue weighted by Crippen LogP contribution is -2.33. The van der Waals surface area contributed by atoms with E-state index in [-0.39, 0.29) is 5.75 Å². The highest BCUT2D eigenvalue weighted by Crippen LogP contribution is 2.27. The fraction of sp³-hybridized carbons (Fsp3) is 0.600. The zero-order chi connectivity index (χ0) is 13.7. The number of nitrogens with one attached hydrogen (secondary N) is 1. The molecule has 1 saturated carbocycles. The average molecular weight is 265 g/mol. The first-order valence-corrected chi connectivity index (χ1v) is 6.93. The molecular formula is C15H23NO3. The highest BCUT2D eigenvalue weighted by molar-refractivity contribution is 5.41. The van der Waals surface area contributed by atoms with E-state index in [0.717, 1.165) is 37.8 Å². The summed E-state index contributed by atoms with van der Waals surface area (Å²) in [6.45, 7) is 1.07. The molecule has 1 aromatic rings. The number of hydrogen-bond acceptors (Lipinski definition) is 4. The summed E-state index contributed by atoms with van der Waals surface area (Å²) in [6, 6.07) is 6.01. The zero-order valence-corrected chi connectivity index (χ0v) is 11.4. The van der Waals surface area contributed by atoms with Crippen LogP contribution < -0.4 is 10.1 Å². The number of phenols is 1. The van der Waals surface area contributed by atoms with Gasteiger partial charge in [-0.15, -0.1) is 0 Å². The van der Waals surface area contributed by atoms with Gasteiger partial charge in [-0.1, -0.05) is 6.07 Å². The van der Waals surface area contributed by atoms with Gasteiger partial charge in [-0.3, -0.25) is 0 Å². The number of aliphatic hydroxyl groups excluding tert-OH is 1. The molecule has 1 fully saturated rings. The highest BCUT2D eigenvalue weighted by Gasteiger charge is 2.19. The molecule has 0 aliphatic heterocycles.